The van der Waals surface area contributed by atoms with Crippen molar-refractivity contribution in [3.63, 3.8) is 0 Å². The Hall–Kier alpha value is -2.68. The van der Waals surface area contributed by atoms with E-state index in [4.69, 9.17) is 10.5 Å². The van der Waals surface area contributed by atoms with Gasteiger partial charge in [-0.2, -0.15) is 4.98 Å². The van der Waals surface area contributed by atoms with Gasteiger partial charge in [-0.05, 0) is 31.9 Å². The zero-order chi connectivity index (χ0) is 20.8. The lowest BCUT2D eigenvalue weighted by Gasteiger charge is -2.25. The average Bonchev–Trinajstić information content (AvgIpc) is 3.00. The van der Waals surface area contributed by atoms with Gasteiger partial charge in [0.05, 0.1) is 7.11 Å². The molecule has 7 nitrogen and oxygen atoms in total. The second-order valence-electron chi connectivity index (χ2n) is 7.29. The van der Waals surface area contributed by atoms with Crippen LogP contribution in [0.4, 0.5) is 10.2 Å². The molecule has 0 saturated heterocycles. The summed E-state index contributed by atoms with van der Waals surface area (Å²) in [4.78, 5) is 8.10. The molecule has 9 heteroatoms. The van der Waals surface area contributed by atoms with Crippen molar-refractivity contribution in [1.29, 1.82) is 0 Å². The molecule has 2 aromatic heterocycles. The van der Waals surface area contributed by atoms with Gasteiger partial charge in [0.15, 0.2) is 0 Å². The Balaban J connectivity index is 2.08. The highest BCUT2D eigenvalue weighted by atomic mass is 32.2. The van der Waals surface area contributed by atoms with Crippen LogP contribution in [0, 0.1) is 12.7 Å². The quantitative estimate of drug-likeness (QED) is 0.692. The number of ether oxygens (including phenoxy) is 1. The van der Waals surface area contributed by atoms with Gasteiger partial charge in [0.1, 0.15) is 38.3 Å². The van der Waals surface area contributed by atoms with Crippen molar-refractivity contribution >= 4 is 26.7 Å². The summed E-state index contributed by atoms with van der Waals surface area (Å²) in [5, 5.41) is 0. The number of halogens is 1. The van der Waals surface area contributed by atoms with Gasteiger partial charge < -0.3 is 15.0 Å². The summed E-state index contributed by atoms with van der Waals surface area (Å²) < 4.78 is 48.6. The van der Waals surface area contributed by atoms with Crippen molar-refractivity contribution in [2.45, 2.75) is 54.9 Å². The number of nitrogen functional groups attached to an aromatic ring is 1. The number of aromatic nitrogens is 3. The molecule has 0 amide bonds. The molecular weight excluding hydrogens is 395 g/mol. The molecule has 0 aliphatic heterocycles. The van der Waals surface area contributed by atoms with Crippen molar-refractivity contribution in [3.8, 4) is 5.88 Å². The summed E-state index contributed by atoms with van der Waals surface area (Å²) in [5.41, 5.74) is 7.04. The number of nitrogens with two attached hydrogens (primary N) is 1. The molecule has 0 spiro atoms. The van der Waals surface area contributed by atoms with Crippen LogP contribution >= 0.6 is 0 Å². The highest BCUT2D eigenvalue weighted by Gasteiger charge is 2.35. The first-order chi connectivity index (χ1) is 13.9. The van der Waals surface area contributed by atoms with E-state index in [-0.39, 0.29) is 28.2 Å². The third-order valence-corrected chi connectivity index (χ3v) is 7.29. The fourth-order valence-electron chi connectivity index (χ4n) is 4.17. The lowest BCUT2D eigenvalue weighted by Crippen LogP contribution is -2.16. The maximum Gasteiger partial charge on any atom is 0.241 e. The van der Waals surface area contributed by atoms with Gasteiger partial charge in [-0.25, -0.2) is 17.8 Å². The van der Waals surface area contributed by atoms with Gasteiger partial charge in [0.2, 0.25) is 15.7 Å². The number of methoxy groups -OCH3 is 1. The third kappa shape index (κ3) is 3.13. The number of rotatable bonds is 4. The van der Waals surface area contributed by atoms with E-state index in [1.54, 1.807) is 11.5 Å². The lowest BCUT2D eigenvalue weighted by atomic mass is 9.95. The molecule has 1 fully saturated rings. The van der Waals surface area contributed by atoms with Gasteiger partial charge in [0.25, 0.3) is 0 Å². The maximum atomic E-state index is 14.4. The smallest absolute Gasteiger partial charge is 0.241 e. The predicted octanol–water partition coefficient (Wildman–Crippen LogP) is 3.81. The highest BCUT2D eigenvalue weighted by molar-refractivity contribution is 7.92. The van der Waals surface area contributed by atoms with Gasteiger partial charge in [-0.3, -0.25) is 0 Å². The minimum atomic E-state index is -4.25. The minimum Gasteiger partial charge on any atom is -0.479 e. The van der Waals surface area contributed by atoms with Crippen LogP contribution in [0.1, 0.15) is 44.0 Å². The van der Waals surface area contributed by atoms with Crippen molar-refractivity contribution < 1.29 is 17.5 Å². The summed E-state index contributed by atoms with van der Waals surface area (Å²) >= 11 is 0. The Morgan fingerprint density at radius 2 is 1.86 bits per heavy atom. The molecule has 1 aromatic carbocycles. The molecule has 1 aliphatic rings. The fourth-order valence-corrected chi connectivity index (χ4v) is 5.74. The number of fused-ring (bicyclic) bond motifs is 1. The fraction of sp³-hybridized carbons (Fsp3) is 0.400. The molecule has 4 rings (SSSR count). The van der Waals surface area contributed by atoms with Gasteiger partial charge in [-0.15, -0.1) is 0 Å². The van der Waals surface area contributed by atoms with E-state index in [1.165, 1.54) is 25.3 Å². The largest absolute Gasteiger partial charge is 0.479 e. The molecule has 154 valence electrons. The summed E-state index contributed by atoms with van der Waals surface area (Å²) in [6.07, 6.45) is 4.90. The lowest BCUT2D eigenvalue weighted by molar-refractivity contribution is 0.356. The number of anilines is 1. The van der Waals surface area contributed by atoms with Crippen molar-refractivity contribution in [2.24, 2.45) is 0 Å². The van der Waals surface area contributed by atoms with Crippen LogP contribution in [0.3, 0.4) is 0 Å². The Morgan fingerprint density at radius 1 is 1.17 bits per heavy atom. The number of sulfone groups is 1. The van der Waals surface area contributed by atoms with Gasteiger partial charge in [-0.1, -0.05) is 31.4 Å². The Bertz CT molecular complexity index is 1180. The van der Waals surface area contributed by atoms with E-state index in [1.807, 2.05) is 0 Å². The number of aryl methyl sites for hydroxylation is 1. The van der Waals surface area contributed by atoms with Crippen molar-refractivity contribution in [3.05, 3.63) is 35.9 Å². The first kappa shape index (κ1) is 19.6. The molecule has 2 heterocycles. The third-order valence-electron chi connectivity index (χ3n) is 5.44. The summed E-state index contributed by atoms with van der Waals surface area (Å²) in [5.74, 6) is -0.170. The standard InChI is InChI=1S/C20H23FN4O3S/c1-12-23-16-17(20(24-12)28-2)25(13-8-4-3-5-9-13)19(22)18(16)29(26,27)15-11-7-6-10-14(15)21/h6-7,10-11,13H,3-5,8-9,22H2,1-2H3. The molecule has 3 aromatic rings. The topological polar surface area (TPSA) is 100 Å². The van der Waals surface area contributed by atoms with Crippen LogP contribution in [0.2, 0.25) is 0 Å². The molecule has 0 bridgehead atoms. The number of nitrogens with zero attached hydrogens (tertiary/aromatic N) is 3. The SMILES string of the molecule is COc1nc(C)nc2c(S(=O)(=O)c3ccccc3F)c(N)n(C3CCCCC3)c12. The molecule has 0 atom stereocenters. The minimum absolute atomic E-state index is 0.0102. The Kier molecular flexibility index (Phi) is 4.94. The number of hydrogen-bond donors (Lipinski definition) is 1. The van der Waals surface area contributed by atoms with Crippen LogP contribution in [0.5, 0.6) is 5.88 Å². The number of hydrogen-bond acceptors (Lipinski definition) is 6. The van der Waals surface area contributed by atoms with E-state index < -0.39 is 20.5 Å². The van der Waals surface area contributed by atoms with Gasteiger partial charge in [0, 0.05) is 6.04 Å². The van der Waals surface area contributed by atoms with Crippen molar-refractivity contribution in [1.82, 2.24) is 14.5 Å². The van der Waals surface area contributed by atoms with Crippen LogP contribution in [0.15, 0.2) is 34.1 Å². The van der Waals surface area contributed by atoms with E-state index in [9.17, 15) is 12.8 Å². The van der Waals surface area contributed by atoms with Crippen molar-refractivity contribution in [2.75, 3.05) is 12.8 Å². The molecule has 0 radical (unpaired) electrons. The average molecular weight is 418 g/mol. The van der Waals surface area contributed by atoms with Crippen LogP contribution in [-0.2, 0) is 9.84 Å². The normalized spacial score (nSPS) is 15.7. The van der Waals surface area contributed by atoms with Gasteiger partial charge >= 0.3 is 0 Å². The molecule has 1 aliphatic carbocycles. The van der Waals surface area contributed by atoms with E-state index in [0.717, 1.165) is 38.2 Å². The summed E-state index contributed by atoms with van der Waals surface area (Å²) in [7, 11) is -2.78. The monoisotopic (exact) mass is 418 g/mol. The van der Waals surface area contributed by atoms with Crippen LogP contribution in [-0.4, -0.2) is 30.1 Å². The molecule has 29 heavy (non-hydrogen) atoms. The molecule has 2 N–H and O–H groups in total. The zero-order valence-corrected chi connectivity index (χ0v) is 17.2. The molecule has 1 saturated carbocycles. The Morgan fingerprint density at radius 3 is 2.52 bits per heavy atom. The van der Waals surface area contributed by atoms with Crippen LogP contribution in [0.25, 0.3) is 11.0 Å². The zero-order valence-electron chi connectivity index (χ0n) is 16.4. The maximum absolute atomic E-state index is 14.4. The predicted molar refractivity (Wildman–Crippen MR) is 107 cm³/mol. The van der Waals surface area contributed by atoms with E-state index in [2.05, 4.69) is 9.97 Å². The number of benzene rings is 1. The second-order valence-corrected chi connectivity index (χ2v) is 9.14. The molecule has 0 unspecified atom stereocenters. The Labute approximate surface area is 168 Å². The summed E-state index contributed by atoms with van der Waals surface area (Å²) in [6.45, 7) is 1.65. The van der Waals surface area contributed by atoms with E-state index >= 15 is 0 Å². The summed E-state index contributed by atoms with van der Waals surface area (Å²) in [6, 6.07) is 5.28. The highest BCUT2D eigenvalue weighted by Crippen LogP contribution is 2.43. The molecular formula is C20H23FN4O3S. The first-order valence-electron chi connectivity index (χ1n) is 9.58. The second kappa shape index (κ2) is 7.29. The first-order valence-corrected chi connectivity index (χ1v) is 11.1. The van der Waals surface area contributed by atoms with Crippen LogP contribution < -0.4 is 10.5 Å². The van der Waals surface area contributed by atoms with E-state index in [0.29, 0.717) is 11.3 Å².